The van der Waals surface area contributed by atoms with E-state index in [2.05, 4.69) is 54.7 Å². The number of carbonyl (C=O) groups is 1. The Morgan fingerprint density at radius 1 is 1.28 bits per heavy atom. The summed E-state index contributed by atoms with van der Waals surface area (Å²) >= 11 is 2.83. The molecule has 0 aliphatic carbocycles. The molecule has 0 fully saturated rings. The summed E-state index contributed by atoms with van der Waals surface area (Å²) in [4.78, 5) is 13.9. The van der Waals surface area contributed by atoms with Gasteiger partial charge in [-0.25, -0.2) is 0 Å². The van der Waals surface area contributed by atoms with Crippen LogP contribution in [-0.2, 0) is 4.79 Å². The van der Waals surface area contributed by atoms with Crippen molar-refractivity contribution in [3.05, 3.63) is 54.6 Å². The number of rotatable bonds is 9. The normalized spacial score (nSPS) is 10.3. The second-order valence-electron chi connectivity index (χ2n) is 5.48. The van der Waals surface area contributed by atoms with E-state index < -0.39 is 0 Å². The number of anilines is 2. The van der Waals surface area contributed by atoms with Crippen molar-refractivity contribution in [2.24, 2.45) is 0 Å². The monoisotopic (exact) mass is 374 g/mol. The summed E-state index contributed by atoms with van der Waals surface area (Å²) in [6.07, 6.45) is 3.42. The molecule has 0 aliphatic heterocycles. The molecule has 1 aromatic carbocycles. The molecule has 5 nitrogen and oxygen atoms in total. The molecule has 1 aromatic heterocycles. The van der Waals surface area contributed by atoms with Crippen LogP contribution in [0.2, 0.25) is 0 Å². The summed E-state index contributed by atoms with van der Waals surface area (Å²) in [6.45, 7) is 12.5. The highest BCUT2D eigenvalue weighted by molar-refractivity contribution is 8.01. The number of hydrogen-bond acceptors (Lipinski definition) is 6. The highest BCUT2D eigenvalue weighted by Crippen LogP contribution is 2.29. The van der Waals surface area contributed by atoms with Crippen LogP contribution in [0, 0.1) is 13.8 Å². The van der Waals surface area contributed by atoms with Crippen molar-refractivity contribution in [2.75, 3.05) is 24.2 Å². The number of aryl methyl sites for hydroxylation is 2. The van der Waals surface area contributed by atoms with Crippen molar-refractivity contribution >= 4 is 39.8 Å². The first kappa shape index (κ1) is 19.2. The summed E-state index contributed by atoms with van der Waals surface area (Å²) in [5.74, 6) is 0.351. The highest BCUT2D eigenvalue weighted by Gasteiger charge is 2.13. The van der Waals surface area contributed by atoms with Crippen molar-refractivity contribution in [1.29, 1.82) is 0 Å². The fourth-order valence-electron chi connectivity index (χ4n) is 2.19. The molecule has 1 N–H and O–H groups in total. The van der Waals surface area contributed by atoms with Gasteiger partial charge in [0, 0.05) is 18.8 Å². The molecule has 25 heavy (non-hydrogen) atoms. The van der Waals surface area contributed by atoms with Gasteiger partial charge in [-0.05, 0) is 25.5 Å². The summed E-state index contributed by atoms with van der Waals surface area (Å²) in [5.41, 5.74) is 3.39. The number of hydrogen-bond donors (Lipinski definition) is 1. The van der Waals surface area contributed by atoms with Gasteiger partial charge >= 0.3 is 0 Å². The fourth-order valence-corrected chi connectivity index (χ4v) is 3.86. The molecule has 1 heterocycles. The first-order valence-corrected chi connectivity index (χ1v) is 9.64. The second kappa shape index (κ2) is 9.39. The third-order valence-electron chi connectivity index (χ3n) is 3.40. The Bertz CT molecular complexity index is 747. The van der Waals surface area contributed by atoms with E-state index in [4.69, 9.17) is 0 Å². The van der Waals surface area contributed by atoms with Crippen LogP contribution < -0.4 is 5.32 Å². The van der Waals surface area contributed by atoms with Gasteiger partial charge in [0.2, 0.25) is 11.0 Å². The highest BCUT2D eigenvalue weighted by atomic mass is 32.2. The maximum atomic E-state index is 12.2. The van der Waals surface area contributed by atoms with Crippen molar-refractivity contribution in [1.82, 2.24) is 15.1 Å². The van der Waals surface area contributed by atoms with E-state index in [1.54, 1.807) is 17.1 Å². The van der Waals surface area contributed by atoms with Gasteiger partial charge in [-0.2, -0.15) is 0 Å². The fraction of sp³-hybridized carbons (Fsp3) is 0.278. The Balaban J connectivity index is 1.93. The summed E-state index contributed by atoms with van der Waals surface area (Å²) in [7, 11) is 0. The van der Waals surface area contributed by atoms with E-state index in [1.165, 1.54) is 28.7 Å². The molecule has 0 bridgehead atoms. The molecule has 7 heteroatoms. The lowest BCUT2D eigenvalue weighted by Gasteiger charge is -2.18. The van der Waals surface area contributed by atoms with Crippen LogP contribution in [0.5, 0.6) is 0 Å². The van der Waals surface area contributed by atoms with Crippen LogP contribution >= 0.6 is 23.1 Å². The van der Waals surface area contributed by atoms with Gasteiger partial charge in [0.1, 0.15) is 0 Å². The van der Waals surface area contributed by atoms with Crippen molar-refractivity contribution in [2.45, 2.75) is 18.2 Å². The molecular formula is C18H22N4OS2. The molecule has 0 aliphatic rings. The molecule has 1 amide bonds. The van der Waals surface area contributed by atoms with Crippen LogP contribution in [0.25, 0.3) is 0 Å². The SMILES string of the molecule is C=CCN(CC=C)C(=O)CSc1nnc(Nc2ccc(C)cc2C)s1. The molecule has 132 valence electrons. The van der Waals surface area contributed by atoms with E-state index in [1.807, 2.05) is 6.07 Å². The Morgan fingerprint density at radius 2 is 2.00 bits per heavy atom. The van der Waals surface area contributed by atoms with Crippen LogP contribution in [-0.4, -0.2) is 39.8 Å². The van der Waals surface area contributed by atoms with Gasteiger partial charge in [0.25, 0.3) is 0 Å². The van der Waals surface area contributed by atoms with Crippen LogP contribution in [0.1, 0.15) is 11.1 Å². The van der Waals surface area contributed by atoms with Gasteiger partial charge in [-0.15, -0.1) is 23.4 Å². The van der Waals surface area contributed by atoms with Crippen LogP contribution in [0.3, 0.4) is 0 Å². The molecular weight excluding hydrogens is 352 g/mol. The maximum absolute atomic E-state index is 12.2. The van der Waals surface area contributed by atoms with E-state index in [9.17, 15) is 4.79 Å². The maximum Gasteiger partial charge on any atom is 0.233 e. The Hall–Kier alpha value is -2.12. The lowest BCUT2D eigenvalue weighted by Crippen LogP contribution is -2.32. The molecule has 0 spiro atoms. The standard InChI is InChI=1S/C18H22N4OS2/c1-5-9-22(10-6-2)16(23)12-24-18-21-20-17(25-18)19-15-8-7-13(3)11-14(15)4/h5-8,11H,1-2,9-10,12H2,3-4H3,(H,19,20). The zero-order valence-corrected chi connectivity index (χ0v) is 16.1. The van der Waals surface area contributed by atoms with E-state index in [0.29, 0.717) is 18.8 Å². The van der Waals surface area contributed by atoms with Crippen molar-refractivity contribution in [3.63, 3.8) is 0 Å². The number of nitrogens with zero attached hydrogens (tertiary/aromatic N) is 3. The van der Waals surface area contributed by atoms with E-state index in [0.717, 1.165) is 20.7 Å². The molecule has 0 saturated heterocycles. The summed E-state index contributed by atoms with van der Waals surface area (Å²) in [5, 5.41) is 12.3. The van der Waals surface area contributed by atoms with Crippen molar-refractivity contribution < 1.29 is 4.79 Å². The first-order valence-electron chi connectivity index (χ1n) is 7.83. The van der Waals surface area contributed by atoms with E-state index >= 15 is 0 Å². The minimum Gasteiger partial charge on any atom is -0.335 e. The molecule has 2 aromatic rings. The Morgan fingerprint density at radius 3 is 2.64 bits per heavy atom. The predicted octanol–water partition coefficient (Wildman–Crippen LogP) is 4.19. The molecule has 0 radical (unpaired) electrons. The van der Waals surface area contributed by atoms with Gasteiger partial charge < -0.3 is 10.2 Å². The van der Waals surface area contributed by atoms with Gasteiger partial charge in [-0.3, -0.25) is 4.79 Å². The lowest BCUT2D eigenvalue weighted by atomic mass is 10.1. The van der Waals surface area contributed by atoms with Crippen LogP contribution in [0.4, 0.5) is 10.8 Å². The van der Waals surface area contributed by atoms with Crippen molar-refractivity contribution in [3.8, 4) is 0 Å². The third-order valence-corrected chi connectivity index (χ3v) is 5.36. The Kier molecular flexibility index (Phi) is 7.21. The zero-order chi connectivity index (χ0) is 18.2. The number of amides is 1. The minimum absolute atomic E-state index is 0.0314. The summed E-state index contributed by atoms with van der Waals surface area (Å²) in [6, 6.07) is 6.20. The van der Waals surface area contributed by atoms with Crippen LogP contribution in [0.15, 0.2) is 47.8 Å². The molecule has 0 atom stereocenters. The average Bonchev–Trinajstić information content (AvgIpc) is 3.02. The number of carbonyl (C=O) groups excluding carboxylic acids is 1. The number of aromatic nitrogens is 2. The van der Waals surface area contributed by atoms with Gasteiger partial charge in [-0.1, -0.05) is 52.9 Å². The topological polar surface area (TPSA) is 58.1 Å². The molecule has 0 saturated carbocycles. The van der Waals surface area contributed by atoms with Gasteiger partial charge in [0.05, 0.1) is 5.75 Å². The number of thioether (sulfide) groups is 1. The summed E-state index contributed by atoms with van der Waals surface area (Å²) < 4.78 is 0.762. The minimum atomic E-state index is 0.0314. The van der Waals surface area contributed by atoms with E-state index in [-0.39, 0.29) is 5.91 Å². The molecule has 2 rings (SSSR count). The third kappa shape index (κ3) is 5.72. The average molecular weight is 375 g/mol. The lowest BCUT2D eigenvalue weighted by molar-refractivity contribution is -0.127. The Labute approximate surface area is 156 Å². The quantitative estimate of drug-likeness (QED) is 0.527. The second-order valence-corrected chi connectivity index (χ2v) is 7.68. The number of nitrogens with one attached hydrogen (secondary N) is 1. The molecule has 0 unspecified atom stereocenters. The van der Waals surface area contributed by atoms with Gasteiger partial charge in [0.15, 0.2) is 4.34 Å². The smallest absolute Gasteiger partial charge is 0.233 e. The largest absolute Gasteiger partial charge is 0.335 e. The zero-order valence-electron chi connectivity index (χ0n) is 14.5. The number of benzene rings is 1. The first-order chi connectivity index (χ1) is 12.0. The predicted molar refractivity (Wildman–Crippen MR) is 107 cm³/mol.